The SMILES string of the molecule is COc1ccc(C(=O)N2CCCc3c(N)cccc32)c(C)c1.Cl. The van der Waals surface area contributed by atoms with E-state index in [9.17, 15) is 4.79 Å². The van der Waals surface area contributed by atoms with Crippen LogP contribution in [0.4, 0.5) is 11.4 Å². The highest BCUT2D eigenvalue weighted by Crippen LogP contribution is 2.32. The third-order valence-electron chi connectivity index (χ3n) is 4.20. The van der Waals surface area contributed by atoms with Crippen molar-refractivity contribution < 1.29 is 9.53 Å². The number of rotatable bonds is 2. The van der Waals surface area contributed by atoms with Crippen LogP contribution < -0.4 is 15.4 Å². The summed E-state index contributed by atoms with van der Waals surface area (Å²) in [6, 6.07) is 11.3. The van der Waals surface area contributed by atoms with Crippen molar-refractivity contribution in [1.82, 2.24) is 0 Å². The van der Waals surface area contributed by atoms with Crippen molar-refractivity contribution >= 4 is 29.7 Å². The van der Waals surface area contributed by atoms with Crippen LogP contribution in [0.5, 0.6) is 5.75 Å². The zero-order chi connectivity index (χ0) is 15.7. The first-order valence-corrected chi connectivity index (χ1v) is 7.45. The first-order chi connectivity index (χ1) is 10.6. The van der Waals surface area contributed by atoms with E-state index in [4.69, 9.17) is 10.5 Å². The summed E-state index contributed by atoms with van der Waals surface area (Å²) in [7, 11) is 1.62. The Labute approximate surface area is 142 Å². The predicted octanol–water partition coefficient (Wildman–Crippen LogP) is 3.60. The second-order valence-electron chi connectivity index (χ2n) is 5.59. The Balaban J connectivity index is 0.00000192. The van der Waals surface area contributed by atoms with Crippen LogP contribution >= 0.6 is 12.4 Å². The van der Waals surface area contributed by atoms with Crippen LogP contribution in [0.15, 0.2) is 36.4 Å². The van der Waals surface area contributed by atoms with Crippen LogP contribution in [-0.2, 0) is 6.42 Å². The van der Waals surface area contributed by atoms with Gasteiger partial charge in [-0.15, -0.1) is 12.4 Å². The fraction of sp³-hybridized carbons (Fsp3) is 0.278. The summed E-state index contributed by atoms with van der Waals surface area (Å²) in [6.07, 6.45) is 1.86. The van der Waals surface area contributed by atoms with Gasteiger partial charge in [-0.1, -0.05) is 6.07 Å². The van der Waals surface area contributed by atoms with Crippen LogP contribution in [0.25, 0.3) is 0 Å². The third-order valence-corrected chi connectivity index (χ3v) is 4.20. The van der Waals surface area contributed by atoms with E-state index in [-0.39, 0.29) is 18.3 Å². The molecule has 0 atom stereocenters. The van der Waals surface area contributed by atoms with Crippen molar-refractivity contribution in [2.45, 2.75) is 19.8 Å². The molecule has 2 aromatic rings. The zero-order valence-electron chi connectivity index (χ0n) is 13.3. The number of hydrogen-bond donors (Lipinski definition) is 1. The summed E-state index contributed by atoms with van der Waals surface area (Å²) in [5, 5.41) is 0. The molecule has 3 rings (SSSR count). The summed E-state index contributed by atoms with van der Waals surface area (Å²) >= 11 is 0. The van der Waals surface area contributed by atoms with Crippen LogP contribution in [-0.4, -0.2) is 19.6 Å². The van der Waals surface area contributed by atoms with Crippen LogP contribution in [0.3, 0.4) is 0 Å². The van der Waals surface area contributed by atoms with E-state index in [0.29, 0.717) is 5.56 Å². The Bertz CT molecular complexity index is 731. The lowest BCUT2D eigenvalue weighted by Gasteiger charge is -2.30. The maximum absolute atomic E-state index is 12.9. The molecule has 0 unspecified atom stereocenters. The number of aryl methyl sites for hydroxylation is 1. The Morgan fingerprint density at radius 1 is 1.26 bits per heavy atom. The minimum absolute atomic E-state index is 0. The normalized spacial score (nSPS) is 13.0. The highest BCUT2D eigenvalue weighted by molar-refractivity contribution is 6.08. The lowest BCUT2D eigenvalue weighted by Crippen LogP contribution is -2.36. The molecule has 0 bridgehead atoms. The van der Waals surface area contributed by atoms with Gasteiger partial charge in [-0.25, -0.2) is 0 Å². The fourth-order valence-electron chi connectivity index (χ4n) is 3.01. The molecular weight excluding hydrogens is 312 g/mol. The number of nitrogens with zero attached hydrogens (tertiary/aromatic N) is 1. The Morgan fingerprint density at radius 3 is 2.74 bits per heavy atom. The van der Waals surface area contributed by atoms with Gasteiger partial charge in [-0.05, 0) is 61.2 Å². The molecule has 1 aliphatic heterocycles. The summed E-state index contributed by atoms with van der Waals surface area (Å²) in [6.45, 7) is 2.65. The molecule has 0 spiro atoms. The molecule has 122 valence electrons. The number of carbonyl (C=O) groups excluding carboxylic acids is 1. The summed E-state index contributed by atoms with van der Waals surface area (Å²) in [5.74, 6) is 0.782. The van der Waals surface area contributed by atoms with Gasteiger partial charge in [0.25, 0.3) is 5.91 Å². The van der Waals surface area contributed by atoms with Crippen molar-refractivity contribution in [2.75, 3.05) is 24.3 Å². The number of fused-ring (bicyclic) bond motifs is 1. The molecule has 0 saturated carbocycles. The number of nitrogen functional groups attached to an aromatic ring is 1. The minimum atomic E-state index is 0. The first-order valence-electron chi connectivity index (χ1n) is 7.45. The number of nitrogens with two attached hydrogens (primary N) is 1. The smallest absolute Gasteiger partial charge is 0.258 e. The summed E-state index contributed by atoms with van der Waals surface area (Å²) < 4.78 is 5.21. The van der Waals surface area contributed by atoms with Crippen molar-refractivity contribution in [1.29, 1.82) is 0 Å². The molecule has 0 aromatic heterocycles. The topological polar surface area (TPSA) is 55.6 Å². The average Bonchev–Trinajstić information content (AvgIpc) is 2.54. The maximum atomic E-state index is 12.9. The number of benzene rings is 2. The number of amides is 1. The highest BCUT2D eigenvalue weighted by atomic mass is 35.5. The Hall–Kier alpha value is -2.20. The monoisotopic (exact) mass is 332 g/mol. The van der Waals surface area contributed by atoms with E-state index in [1.54, 1.807) is 7.11 Å². The third kappa shape index (κ3) is 3.13. The largest absolute Gasteiger partial charge is 0.497 e. The fourth-order valence-corrected chi connectivity index (χ4v) is 3.01. The predicted molar refractivity (Wildman–Crippen MR) is 95.8 cm³/mol. The van der Waals surface area contributed by atoms with E-state index < -0.39 is 0 Å². The molecular formula is C18H21ClN2O2. The number of methoxy groups -OCH3 is 1. The van der Waals surface area contributed by atoms with Gasteiger partial charge < -0.3 is 15.4 Å². The molecule has 1 aliphatic rings. The van der Waals surface area contributed by atoms with E-state index >= 15 is 0 Å². The lowest BCUT2D eigenvalue weighted by molar-refractivity contribution is 0.0984. The van der Waals surface area contributed by atoms with Crippen LogP contribution in [0.2, 0.25) is 0 Å². The minimum Gasteiger partial charge on any atom is -0.497 e. The first kappa shape index (κ1) is 17.2. The summed E-state index contributed by atoms with van der Waals surface area (Å²) in [5.41, 5.74) is 10.5. The van der Waals surface area contributed by atoms with Crippen molar-refractivity contribution in [3.05, 3.63) is 53.1 Å². The van der Waals surface area contributed by atoms with E-state index in [0.717, 1.165) is 47.6 Å². The standard InChI is InChI=1S/C18H20N2O2.ClH/c1-12-11-13(22-2)8-9-14(12)18(21)20-10-4-5-15-16(19)6-3-7-17(15)20;/h3,6-9,11H,4-5,10,19H2,1-2H3;1H. The molecule has 0 aliphatic carbocycles. The molecule has 0 saturated heterocycles. The van der Waals surface area contributed by atoms with Crippen molar-refractivity contribution in [3.63, 3.8) is 0 Å². The van der Waals surface area contributed by atoms with Gasteiger partial charge >= 0.3 is 0 Å². The Morgan fingerprint density at radius 2 is 2.04 bits per heavy atom. The van der Waals surface area contributed by atoms with E-state index in [1.165, 1.54) is 0 Å². The van der Waals surface area contributed by atoms with Gasteiger partial charge in [0.15, 0.2) is 0 Å². The molecule has 4 nitrogen and oxygen atoms in total. The number of ether oxygens (including phenoxy) is 1. The lowest BCUT2D eigenvalue weighted by atomic mass is 9.98. The van der Waals surface area contributed by atoms with Gasteiger partial charge in [0.2, 0.25) is 0 Å². The van der Waals surface area contributed by atoms with E-state index in [2.05, 4.69) is 0 Å². The maximum Gasteiger partial charge on any atom is 0.258 e. The zero-order valence-corrected chi connectivity index (χ0v) is 14.2. The second-order valence-corrected chi connectivity index (χ2v) is 5.59. The number of anilines is 2. The van der Waals surface area contributed by atoms with Crippen molar-refractivity contribution in [3.8, 4) is 5.75 Å². The molecule has 23 heavy (non-hydrogen) atoms. The second kappa shape index (κ2) is 6.92. The highest BCUT2D eigenvalue weighted by Gasteiger charge is 2.25. The van der Waals surface area contributed by atoms with Gasteiger partial charge in [-0.2, -0.15) is 0 Å². The molecule has 0 fully saturated rings. The summed E-state index contributed by atoms with van der Waals surface area (Å²) in [4.78, 5) is 14.8. The van der Waals surface area contributed by atoms with E-state index in [1.807, 2.05) is 48.2 Å². The van der Waals surface area contributed by atoms with Gasteiger partial charge in [-0.3, -0.25) is 4.79 Å². The van der Waals surface area contributed by atoms with Crippen molar-refractivity contribution in [2.24, 2.45) is 0 Å². The molecule has 5 heteroatoms. The number of halogens is 1. The van der Waals surface area contributed by atoms with Gasteiger partial charge in [0.1, 0.15) is 5.75 Å². The van der Waals surface area contributed by atoms with Gasteiger partial charge in [0.05, 0.1) is 7.11 Å². The van der Waals surface area contributed by atoms with Crippen LogP contribution in [0.1, 0.15) is 27.9 Å². The number of carbonyl (C=O) groups is 1. The molecule has 2 aromatic carbocycles. The average molecular weight is 333 g/mol. The molecule has 2 N–H and O–H groups in total. The molecule has 0 radical (unpaired) electrons. The Kier molecular flexibility index (Phi) is 5.16. The van der Waals surface area contributed by atoms with Crippen LogP contribution in [0, 0.1) is 6.92 Å². The molecule has 1 amide bonds. The molecule has 1 heterocycles. The number of hydrogen-bond acceptors (Lipinski definition) is 3. The quantitative estimate of drug-likeness (QED) is 0.855. The van der Waals surface area contributed by atoms with Gasteiger partial charge in [0, 0.05) is 23.5 Å².